The average molecular weight is 441 g/mol. The van der Waals surface area contributed by atoms with Crippen molar-refractivity contribution in [1.82, 2.24) is 10.2 Å². The molecule has 1 N–H and O–H groups in total. The fourth-order valence-corrected chi connectivity index (χ4v) is 3.88. The van der Waals surface area contributed by atoms with Crippen LogP contribution in [0.15, 0.2) is 36.4 Å². The minimum absolute atomic E-state index is 0.0547. The van der Waals surface area contributed by atoms with E-state index < -0.39 is 6.04 Å². The van der Waals surface area contributed by atoms with E-state index in [0.717, 1.165) is 17.5 Å². The molecule has 3 rings (SSSR count). The number of carbonyl (C=O) groups is 2. The van der Waals surface area contributed by atoms with E-state index in [9.17, 15) is 9.59 Å². The maximum absolute atomic E-state index is 13.4. The van der Waals surface area contributed by atoms with Gasteiger partial charge in [0, 0.05) is 18.7 Å². The highest BCUT2D eigenvalue weighted by atomic mass is 16.5. The molecule has 0 spiro atoms. The van der Waals surface area contributed by atoms with Crippen molar-refractivity contribution in [2.45, 2.75) is 39.8 Å². The normalized spacial score (nSPS) is 13.9. The molecule has 0 aromatic heterocycles. The highest BCUT2D eigenvalue weighted by Crippen LogP contribution is 2.33. The second kappa shape index (κ2) is 10.4. The Bertz CT molecular complexity index is 956. The van der Waals surface area contributed by atoms with Crippen molar-refractivity contribution in [2.75, 3.05) is 27.4 Å². The lowest BCUT2D eigenvalue weighted by Gasteiger charge is -2.33. The van der Waals surface area contributed by atoms with E-state index in [1.165, 1.54) is 0 Å². The molecule has 0 radical (unpaired) electrons. The molecule has 2 aromatic carbocycles. The first-order chi connectivity index (χ1) is 15.4. The molecule has 32 heavy (non-hydrogen) atoms. The van der Waals surface area contributed by atoms with E-state index in [0.29, 0.717) is 42.5 Å². The number of carbonyl (C=O) groups excluding carboxylic acids is 2. The van der Waals surface area contributed by atoms with Gasteiger partial charge in [0.25, 0.3) is 5.91 Å². The van der Waals surface area contributed by atoms with Crippen LogP contribution in [0.4, 0.5) is 0 Å². The SMILES string of the molecule is CCOc1ccc(C(=O)NC(C(=O)N2CCc3cc(OC)c(OC)cc3C2)C(C)C)cc1. The van der Waals surface area contributed by atoms with Crippen LogP contribution in [0.5, 0.6) is 17.2 Å². The van der Waals surface area contributed by atoms with E-state index in [2.05, 4.69) is 5.32 Å². The summed E-state index contributed by atoms with van der Waals surface area (Å²) in [5.74, 6) is 1.63. The van der Waals surface area contributed by atoms with Crippen LogP contribution in [0.1, 0.15) is 42.3 Å². The molecule has 7 nitrogen and oxygen atoms in total. The van der Waals surface area contributed by atoms with Gasteiger partial charge in [-0.1, -0.05) is 13.8 Å². The fraction of sp³-hybridized carbons (Fsp3) is 0.440. The number of rotatable bonds is 8. The van der Waals surface area contributed by atoms with Crippen molar-refractivity contribution >= 4 is 11.8 Å². The number of benzene rings is 2. The second-order valence-electron chi connectivity index (χ2n) is 8.14. The number of hydrogen-bond acceptors (Lipinski definition) is 5. The third-order valence-corrected chi connectivity index (χ3v) is 5.68. The topological polar surface area (TPSA) is 77.1 Å². The van der Waals surface area contributed by atoms with Crippen LogP contribution in [0.2, 0.25) is 0 Å². The van der Waals surface area contributed by atoms with Crippen molar-refractivity contribution in [3.63, 3.8) is 0 Å². The Morgan fingerprint density at radius 1 is 1.03 bits per heavy atom. The van der Waals surface area contributed by atoms with Gasteiger partial charge in [-0.25, -0.2) is 0 Å². The molecule has 7 heteroatoms. The number of ether oxygens (including phenoxy) is 3. The van der Waals surface area contributed by atoms with Crippen molar-refractivity contribution in [3.05, 3.63) is 53.1 Å². The van der Waals surface area contributed by atoms with Crippen LogP contribution < -0.4 is 19.5 Å². The van der Waals surface area contributed by atoms with Gasteiger partial charge in [-0.05, 0) is 66.8 Å². The van der Waals surface area contributed by atoms with Crippen LogP contribution in [-0.2, 0) is 17.8 Å². The van der Waals surface area contributed by atoms with Crippen molar-refractivity contribution in [1.29, 1.82) is 0 Å². The zero-order chi connectivity index (χ0) is 23.3. The maximum Gasteiger partial charge on any atom is 0.251 e. The number of methoxy groups -OCH3 is 2. The molecule has 0 aliphatic carbocycles. The van der Waals surface area contributed by atoms with Crippen molar-refractivity contribution < 1.29 is 23.8 Å². The van der Waals surface area contributed by atoms with Gasteiger partial charge < -0.3 is 24.4 Å². The molecular weight excluding hydrogens is 408 g/mol. The minimum atomic E-state index is -0.615. The van der Waals surface area contributed by atoms with E-state index in [4.69, 9.17) is 14.2 Å². The zero-order valence-corrected chi connectivity index (χ0v) is 19.4. The Morgan fingerprint density at radius 2 is 1.66 bits per heavy atom. The number of hydrogen-bond donors (Lipinski definition) is 1. The van der Waals surface area contributed by atoms with Gasteiger partial charge in [0.05, 0.1) is 20.8 Å². The Kier molecular flexibility index (Phi) is 7.62. The quantitative estimate of drug-likeness (QED) is 0.681. The van der Waals surface area contributed by atoms with Gasteiger partial charge in [0.1, 0.15) is 11.8 Å². The maximum atomic E-state index is 13.4. The number of amides is 2. The van der Waals surface area contributed by atoms with Gasteiger partial charge in [0.15, 0.2) is 11.5 Å². The van der Waals surface area contributed by atoms with Gasteiger partial charge in [-0.15, -0.1) is 0 Å². The molecule has 2 aromatic rings. The Hall–Kier alpha value is -3.22. The van der Waals surface area contributed by atoms with E-state index >= 15 is 0 Å². The molecule has 0 saturated heterocycles. The van der Waals surface area contributed by atoms with E-state index in [1.54, 1.807) is 43.4 Å². The van der Waals surface area contributed by atoms with Crippen molar-refractivity contribution in [2.24, 2.45) is 5.92 Å². The lowest BCUT2D eigenvalue weighted by molar-refractivity contribution is -0.135. The first-order valence-corrected chi connectivity index (χ1v) is 10.9. The molecule has 172 valence electrons. The lowest BCUT2D eigenvalue weighted by atomic mass is 9.96. The van der Waals surface area contributed by atoms with Crippen LogP contribution in [0.3, 0.4) is 0 Å². The summed E-state index contributed by atoms with van der Waals surface area (Å²) < 4.78 is 16.2. The van der Waals surface area contributed by atoms with Gasteiger partial charge in [-0.3, -0.25) is 9.59 Å². The summed E-state index contributed by atoms with van der Waals surface area (Å²) in [4.78, 5) is 28.0. The summed E-state index contributed by atoms with van der Waals surface area (Å²) in [6.07, 6.45) is 0.721. The summed E-state index contributed by atoms with van der Waals surface area (Å²) >= 11 is 0. The fourth-order valence-electron chi connectivity index (χ4n) is 3.88. The van der Waals surface area contributed by atoms with Crippen LogP contribution in [0, 0.1) is 5.92 Å². The second-order valence-corrected chi connectivity index (χ2v) is 8.14. The molecule has 2 amide bonds. The minimum Gasteiger partial charge on any atom is -0.494 e. The molecular formula is C25H32N2O5. The van der Waals surface area contributed by atoms with Crippen molar-refractivity contribution in [3.8, 4) is 17.2 Å². The van der Waals surface area contributed by atoms with Gasteiger partial charge in [0.2, 0.25) is 5.91 Å². The molecule has 0 fully saturated rings. The summed E-state index contributed by atoms with van der Waals surface area (Å²) in [5.41, 5.74) is 2.67. The Morgan fingerprint density at radius 3 is 2.22 bits per heavy atom. The summed E-state index contributed by atoms with van der Waals surface area (Å²) in [5, 5.41) is 2.93. The third-order valence-electron chi connectivity index (χ3n) is 5.68. The lowest BCUT2D eigenvalue weighted by Crippen LogP contribution is -2.52. The number of fused-ring (bicyclic) bond motifs is 1. The molecule has 1 heterocycles. The Labute approximate surface area is 189 Å². The standard InChI is InChI=1S/C25H32N2O5/c1-6-32-20-9-7-17(8-10-20)24(28)26-23(16(2)3)25(29)27-12-11-18-13-21(30-4)22(31-5)14-19(18)15-27/h7-10,13-14,16,23H,6,11-12,15H2,1-5H3,(H,26,28). The van der Waals surface area contributed by atoms with Crippen LogP contribution >= 0.6 is 0 Å². The first-order valence-electron chi connectivity index (χ1n) is 10.9. The average Bonchev–Trinajstić information content (AvgIpc) is 2.81. The van der Waals surface area contributed by atoms with Gasteiger partial charge >= 0.3 is 0 Å². The molecule has 0 saturated carbocycles. The predicted octanol–water partition coefficient (Wildman–Crippen LogP) is 3.44. The largest absolute Gasteiger partial charge is 0.494 e. The zero-order valence-electron chi connectivity index (χ0n) is 19.4. The monoisotopic (exact) mass is 440 g/mol. The summed E-state index contributed by atoms with van der Waals surface area (Å²) in [6, 6.07) is 10.2. The van der Waals surface area contributed by atoms with Gasteiger partial charge in [-0.2, -0.15) is 0 Å². The highest BCUT2D eigenvalue weighted by Gasteiger charge is 2.31. The third kappa shape index (κ3) is 5.15. The van der Waals surface area contributed by atoms with E-state index in [-0.39, 0.29) is 17.7 Å². The highest BCUT2D eigenvalue weighted by molar-refractivity contribution is 5.97. The summed E-state index contributed by atoms with van der Waals surface area (Å²) in [7, 11) is 3.21. The van der Waals surface area contributed by atoms with E-state index in [1.807, 2.05) is 32.9 Å². The smallest absolute Gasteiger partial charge is 0.251 e. The number of nitrogens with one attached hydrogen (secondary N) is 1. The Balaban J connectivity index is 1.73. The summed E-state index contributed by atoms with van der Waals surface area (Å²) in [6.45, 7) is 7.40. The van der Waals surface area contributed by atoms with Crippen LogP contribution in [0.25, 0.3) is 0 Å². The molecule has 0 bridgehead atoms. The predicted molar refractivity (Wildman–Crippen MR) is 122 cm³/mol. The molecule has 1 aliphatic rings. The number of nitrogens with zero attached hydrogens (tertiary/aromatic N) is 1. The first kappa shape index (κ1) is 23.4. The molecule has 1 aliphatic heterocycles. The molecule has 1 atom stereocenters. The molecule has 1 unspecified atom stereocenters. The van der Waals surface area contributed by atoms with Crippen LogP contribution in [-0.4, -0.2) is 50.1 Å².